The zero-order valence-corrected chi connectivity index (χ0v) is 45.4. The zero-order chi connectivity index (χ0) is 54.1. The molecule has 0 bridgehead atoms. The summed E-state index contributed by atoms with van der Waals surface area (Å²) >= 11 is 1.58. The van der Waals surface area contributed by atoms with Crippen LogP contribution in [0.1, 0.15) is 83.4 Å². The Bertz CT molecular complexity index is 2940. The lowest BCUT2D eigenvalue weighted by molar-refractivity contribution is -0.144. The number of nitrogens with zero attached hydrogens (tertiary/aromatic N) is 9. The molecule has 3 aliphatic rings. The predicted octanol–water partition coefficient (Wildman–Crippen LogP) is 7.57. The molecular weight excluding hydrogens is 998 g/mol. The van der Waals surface area contributed by atoms with Gasteiger partial charge < -0.3 is 46.2 Å². The molecule has 0 saturated carbocycles. The number of carbonyl (C=O) groups is 3. The van der Waals surface area contributed by atoms with Gasteiger partial charge in [0.25, 0.3) is 0 Å². The Morgan fingerprint density at radius 2 is 1.57 bits per heavy atom. The van der Waals surface area contributed by atoms with Crippen molar-refractivity contribution in [2.75, 3.05) is 79.4 Å². The molecule has 0 radical (unpaired) electrons. The van der Waals surface area contributed by atoms with Gasteiger partial charge in [0.15, 0.2) is 0 Å². The molecule has 77 heavy (non-hydrogen) atoms. The molecule has 20 heteroatoms. The number of rotatable bonds is 20. The topological polar surface area (TPSA) is 217 Å². The van der Waals surface area contributed by atoms with Gasteiger partial charge in [-0.15, -0.1) is 11.3 Å². The highest BCUT2D eigenvalue weighted by molar-refractivity contribution is 7.13. The number of carbonyl (C=O) groups excluding carboxylic acids is 3. The minimum Gasteiger partial charge on any atom is -0.396 e. The first kappa shape index (κ1) is 54.9. The maximum atomic E-state index is 14.1. The van der Waals surface area contributed by atoms with Crippen molar-refractivity contribution in [3.8, 4) is 10.4 Å². The third-order valence-corrected chi connectivity index (χ3v) is 15.9. The molecule has 18 nitrogen and oxygen atoms in total. The highest BCUT2D eigenvalue weighted by atomic mass is 32.1. The van der Waals surface area contributed by atoms with Gasteiger partial charge in [0.05, 0.1) is 45.8 Å². The van der Waals surface area contributed by atoms with Gasteiger partial charge in [-0.25, -0.2) is 24.3 Å². The van der Waals surface area contributed by atoms with Crippen LogP contribution in [0.15, 0.2) is 84.6 Å². The van der Waals surface area contributed by atoms with Crippen LogP contribution < -0.4 is 31.1 Å². The maximum Gasteiger partial charge on any atom is 0.246 e. The average molecular weight is 1070 g/mol. The number of benzene rings is 2. The van der Waals surface area contributed by atoms with Crippen LogP contribution in [0.5, 0.6) is 0 Å². The molecule has 3 saturated heterocycles. The van der Waals surface area contributed by atoms with E-state index in [4.69, 9.17) is 15.0 Å². The molecule has 408 valence electrons. The zero-order valence-electron chi connectivity index (χ0n) is 44.6. The number of pyridine rings is 2. The molecule has 2 aromatic carbocycles. The van der Waals surface area contributed by atoms with Crippen LogP contribution in [-0.2, 0) is 20.9 Å². The molecule has 4 aromatic heterocycles. The van der Waals surface area contributed by atoms with E-state index >= 15 is 0 Å². The molecule has 6 aromatic rings. The highest BCUT2D eigenvalue weighted by Gasteiger charge is 2.44. The number of β-amino-alcohol motifs (C(OH)–C–C–N with tert-alkyl or cyclic N) is 1. The number of aliphatic hydroxyl groups excluding tert-OH is 2. The van der Waals surface area contributed by atoms with Crippen molar-refractivity contribution in [1.82, 2.24) is 45.4 Å². The summed E-state index contributed by atoms with van der Waals surface area (Å²) < 4.78 is 13.6. The molecule has 3 amide bonds. The molecule has 0 aliphatic carbocycles. The fourth-order valence-electron chi connectivity index (χ4n) is 10.4. The number of thiazole rings is 1. The van der Waals surface area contributed by atoms with Gasteiger partial charge in [-0.1, -0.05) is 57.9 Å². The lowest BCUT2D eigenvalue weighted by Crippen LogP contribution is -2.57. The van der Waals surface area contributed by atoms with Crippen molar-refractivity contribution in [2.45, 2.75) is 104 Å². The van der Waals surface area contributed by atoms with E-state index < -0.39 is 23.6 Å². The standard InChI is InChI=1S/C57H72FN13O5S/c1-37-51(77-36-62-37)40-12-10-38(11-13-40)31-61-54(75)47-29-44(73)34-71(47)55(76)52(57(2,3)4)66-50(74)9-7-5-6-8-22-68-25-27-69(28-26-68)43-18-19-48(59-32-43)65-49-30-45-46(33-60-49)64-56(63-42-16-14-41(58)15-17-42)67-53(45)70-23-20-39(35-72)21-24-70/h10-19,30,32-33,36,39,44,47,52,72-73H,5-9,20-29,31,34-35H2,1-4H3,(H,61,75)(H,66,74)(H,59,60,65)(H,63,64,67). The molecular formula is C57H72FN13O5S. The maximum absolute atomic E-state index is 14.1. The summed E-state index contributed by atoms with van der Waals surface area (Å²) in [5.74, 6) is 1.48. The monoisotopic (exact) mass is 1070 g/mol. The Balaban J connectivity index is 0.694. The normalized spacial score (nSPS) is 17.9. The second-order valence-electron chi connectivity index (χ2n) is 21.7. The number of aryl methyl sites for hydroxylation is 1. The number of likely N-dealkylation sites (tertiary alicyclic amines) is 1. The Morgan fingerprint density at radius 1 is 0.831 bits per heavy atom. The largest absolute Gasteiger partial charge is 0.396 e. The van der Waals surface area contributed by atoms with Crippen LogP contribution in [0.25, 0.3) is 21.3 Å². The van der Waals surface area contributed by atoms with Crippen molar-refractivity contribution in [3.63, 3.8) is 0 Å². The number of piperidine rings is 1. The number of fused-ring (bicyclic) bond motifs is 1. The quantitative estimate of drug-likeness (QED) is 0.0407. The second kappa shape index (κ2) is 25.1. The number of amides is 3. The van der Waals surface area contributed by atoms with Gasteiger partial charge in [-0.2, -0.15) is 4.98 Å². The number of hydrogen-bond acceptors (Lipinski definition) is 16. The smallest absolute Gasteiger partial charge is 0.246 e. The Labute approximate surface area is 453 Å². The number of aromatic nitrogens is 5. The molecule has 3 aliphatic heterocycles. The third-order valence-electron chi connectivity index (χ3n) is 14.9. The first-order chi connectivity index (χ1) is 37.2. The van der Waals surface area contributed by atoms with Crippen LogP contribution in [0.4, 0.5) is 39.2 Å². The summed E-state index contributed by atoms with van der Waals surface area (Å²) in [6.45, 7) is 14.3. The van der Waals surface area contributed by atoms with Crippen molar-refractivity contribution in [1.29, 1.82) is 0 Å². The number of unbranched alkanes of at least 4 members (excludes halogenated alkanes) is 3. The number of aliphatic hydroxyl groups is 2. The number of halogens is 1. The van der Waals surface area contributed by atoms with Crippen LogP contribution in [0, 0.1) is 24.1 Å². The van der Waals surface area contributed by atoms with E-state index in [0.29, 0.717) is 41.6 Å². The molecule has 0 spiro atoms. The summed E-state index contributed by atoms with van der Waals surface area (Å²) in [5.41, 5.74) is 6.54. The van der Waals surface area contributed by atoms with E-state index in [-0.39, 0.29) is 55.6 Å². The first-order valence-electron chi connectivity index (χ1n) is 27.0. The molecule has 6 N–H and O–H groups in total. The second-order valence-corrected chi connectivity index (χ2v) is 22.5. The van der Waals surface area contributed by atoms with Crippen LogP contribution in [-0.4, -0.2) is 140 Å². The minimum atomic E-state index is -0.858. The summed E-state index contributed by atoms with van der Waals surface area (Å²) in [5, 5.41) is 33.8. The van der Waals surface area contributed by atoms with E-state index in [2.05, 4.69) is 52.0 Å². The van der Waals surface area contributed by atoms with Gasteiger partial charge in [0.1, 0.15) is 35.4 Å². The molecule has 3 fully saturated rings. The molecule has 7 heterocycles. The molecule has 9 rings (SSSR count). The number of piperazine rings is 1. The van der Waals surface area contributed by atoms with E-state index in [1.54, 1.807) is 29.7 Å². The SMILES string of the molecule is Cc1ncsc1-c1ccc(CNC(=O)C2CC(O)CN2C(=O)C(NC(=O)CCCCCCN2CCN(c3ccc(Nc4cc5c(N6CCC(CO)CC6)nc(Nc6ccc(F)cc6)nc5cn4)nc3)CC2)C(C)(C)C)cc1. The lowest BCUT2D eigenvalue weighted by Gasteiger charge is -2.36. The van der Waals surface area contributed by atoms with E-state index in [9.17, 15) is 29.0 Å². The first-order valence-corrected chi connectivity index (χ1v) is 27.9. The van der Waals surface area contributed by atoms with Gasteiger partial charge >= 0.3 is 0 Å². The van der Waals surface area contributed by atoms with Crippen molar-refractivity contribution < 1.29 is 29.0 Å². The fraction of sp³-hybridized carbons (Fsp3) is 0.474. The van der Waals surface area contributed by atoms with Gasteiger partial charge in [0.2, 0.25) is 23.7 Å². The minimum absolute atomic E-state index is 0.0294. The van der Waals surface area contributed by atoms with Crippen LogP contribution in [0.3, 0.4) is 0 Å². The Kier molecular flexibility index (Phi) is 17.9. The summed E-state index contributed by atoms with van der Waals surface area (Å²) in [7, 11) is 0. The van der Waals surface area contributed by atoms with Crippen molar-refractivity contribution >= 4 is 74.7 Å². The summed E-state index contributed by atoms with van der Waals surface area (Å²) in [6, 6.07) is 18.3. The highest BCUT2D eigenvalue weighted by Crippen LogP contribution is 2.33. The van der Waals surface area contributed by atoms with Crippen LogP contribution >= 0.6 is 11.3 Å². The number of hydrogen-bond donors (Lipinski definition) is 6. The van der Waals surface area contributed by atoms with Crippen molar-refractivity contribution in [2.24, 2.45) is 11.3 Å². The molecule has 3 unspecified atom stereocenters. The van der Waals surface area contributed by atoms with Crippen molar-refractivity contribution in [3.05, 3.63) is 102 Å². The van der Waals surface area contributed by atoms with E-state index in [1.165, 1.54) is 17.0 Å². The van der Waals surface area contributed by atoms with Gasteiger partial charge in [0, 0.05) is 82.9 Å². The Morgan fingerprint density at radius 3 is 2.26 bits per heavy atom. The average Bonchev–Trinajstić information content (AvgIpc) is 4.08. The fourth-order valence-corrected chi connectivity index (χ4v) is 11.2. The number of nitrogens with one attached hydrogen (secondary N) is 4. The van der Waals surface area contributed by atoms with Crippen LogP contribution in [0.2, 0.25) is 0 Å². The summed E-state index contributed by atoms with van der Waals surface area (Å²) in [4.78, 5) is 74.0. The summed E-state index contributed by atoms with van der Waals surface area (Å²) in [6.07, 6.45) is 8.54. The lowest BCUT2D eigenvalue weighted by atomic mass is 9.85. The van der Waals surface area contributed by atoms with Gasteiger partial charge in [-0.3, -0.25) is 19.3 Å². The van der Waals surface area contributed by atoms with E-state index in [0.717, 1.165) is 117 Å². The van der Waals surface area contributed by atoms with Gasteiger partial charge in [-0.05, 0) is 104 Å². The predicted molar refractivity (Wildman–Crippen MR) is 300 cm³/mol. The number of anilines is 6. The Hall–Kier alpha value is -6.87. The third kappa shape index (κ3) is 14.2. The van der Waals surface area contributed by atoms with E-state index in [1.807, 2.05) is 75.8 Å². The molecule has 3 atom stereocenters.